The highest BCUT2D eigenvalue weighted by Gasteiger charge is 2.43. The van der Waals surface area contributed by atoms with Gasteiger partial charge in [0.15, 0.2) is 0 Å². The Kier molecular flexibility index (Phi) is 3.07. The number of hydrogen-bond acceptors (Lipinski definition) is 1. The van der Waals surface area contributed by atoms with E-state index in [1.165, 1.54) is 31.2 Å². The number of nitrogens with zero attached hydrogens (tertiary/aromatic N) is 2. The van der Waals surface area contributed by atoms with Crippen molar-refractivity contribution in [1.82, 2.24) is 9.78 Å². The molecule has 3 heteroatoms. The van der Waals surface area contributed by atoms with E-state index in [0.717, 1.165) is 17.5 Å². The molecule has 0 aliphatic heterocycles. The zero-order valence-electron chi connectivity index (χ0n) is 11.5. The fraction of sp³-hybridized carbons (Fsp3) is 0.471. The monoisotopic (exact) mass is 286 g/mol. The molecule has 2 nitrogen and oxygen atoms in total. The summed E-state index contributed by atoms with van der Waals surface area (Å²) in [6.07, 6.45) is 9.56. The molecule has 4 atom stereocenters. The molecule has 2 aliphatic carbocycles. The van der Waals surface area contributed by atoms with Crippen molar-refractivity contribution in [1.29, 1.82) is 0 Å². The van der Waals surface area contributed by atoms with Crippen LogP contribution in [0.4, 0.5) is 0 Å². The van der Waals surface area contributed by atoms with E-state index in [2.05, 4.69) is 23.4 Å². The summed E-state index contributed by atoms with van der Waals surface area (Å²) in [5.74, 6) is 2.45. The average molecular weight is 287 g/mol. The summed E-state index contributed by atoms with van der Waals surface area (Å²) in [6.45, 7) is 0. The van der Waals surface area contributed by atoms with Crippen LogP contribution in [0.5, 0.6) is 0 Å². The third kappa shape index (κ3) is 2.07. The molecule has 1 aromatic carbocycles. The lowest BCUT2D eigenvalue weighted by Crippen LogP contribution is -2.15. The molecule has 4 rings (SSSR count). The Morgan fingerprint density at radius 1 is 1.15 bits per heavy atom. The molecule has 0 spiro atoms. The standard InChI is InChI=1S/C17H19ClN2/c18-17(16-9-12-6-7-13(16)8-12)14-10-19-20(11-14)15-4-2-1-3-5-15/h1-5,10-13,16-17H,6-9H2. The van der Waals surface area contributed by atoms with Crippen molar-refractivity contribution in [2.45, 2.75) is 31.1 Å². The first kappa shape index (κ1) is 12.5. The average Bonchev–Trinajstić information content (AvgIpc) is 3.23. The van der Waals surface area contributed by atoms with E-state index in [9.17, 15) is 0 Å². The molecule has 2 fully saturated rings. The Balaban J connectivity index is 1.56. The summed E-state index contributed by atoms with van der Waals surface area (Å²) >= 11 is 6.75. The lowest BCUT2D eigenvalue weighted by atomic mass is 9.84. The van der Waals surface area contributed by atoms with Gasteiger partial charge >= 0.3 is 0 Å². The molecule has 0 radical (unpaired) electrons. The second kappa shape index (κ2) is 4.92. The van der Waals surface area contributed by atoms with Crippen LogP contribution in [0.1, 0.15) is 36.6 Å². The van der Waals surface area contributed by atoms with Gasteiger partial charge in [0.05, 0.1) is 17.3 Å². The third-order valence-corrected chi connectivity index (χ3v) is 5.69. The molecular formula is C17H19ClN2. The SMILES string of the molecule is ClC(c1cnn(-c2ccccc2)c1)C1CC2CCC1C2. The molecule has 0 N–H and O–H groups in total. The highest BCUT2D eigenvalue weighted by Crippen LogP contribution is 2.54. The Hall–Kier alpha value is -1.28. The Morgan fingerprint density at radius 2 is 2.00 bits per heavy atom. The Morgan fingerprint density at radius 3 is 2.70 bits per heavy atom. The molecule has 0 saturated heterocycles. The zero-order chi connectivity index (χ0) is 13.5. The molecule has 2 bridgehead atoms. The highest BCUT2D eigenvalue weighted by atomic mass is 35.5. The molecule has 4 unspecified atom stereocenters. The van der Waals surface area contributed by atoms with Gasteiger partial charge < -0.3 is 0 Å². The molecule has 2 aliphatic rings. The van der Waals surface area contributed by atoms with Crippen LogP contribution in [0.25, 0.3) is 5.69 Å². The van der Waals surface area contributed by atoms with Gasteiger partial charge in [0.25, 0.3) is 0 Å². The minimum atomic E-state index is 0.128. The lowest BCUT2D eigenvalue weighted by molar-refractivity contribution is 0.323. The van der Waals surface area contributed by atoms with E-state index in [0.29, 0.717) is 5.92 Å². The summed E-state index contributed by atoms with van der Waals surface area (Å²) in [6, 6.07) is 10.2. The van der Waals surface area contributed by atoms with Crippen LogP contribution in [0, 0.1) is 17.8 Å². The predicted molar refractivity (Wildman–Crippen MR) is 81.1 cm³/mol. The number of rotatable bonds is 3. The normalized spacial score (nSPS) is 29.8. The summed E-state index contributed by atoms with van der Waals surface area (Å²) in [5.41, 5.74) is 2.27. The molecule has 2 aromatic rings. The number of halogens is 1. The quantitative estimate of drug-likeness (QED) is 0.755. The maximum Gasteiger partial charge on any atom is 0.0647 e. The second-order valence-electron chi connectivity index (χ2n) is 6.29. The van der Waals surface area contributed by atoms with Gasteiger partial charge in [0.2, 0.25) is 0 Å². The molecular weight excluding hydrogens is 268 g/mol. The van der Waals surface area contributed by atoms with E-state index < -0.39 is 0 Å². The van der Waals surface area contributed by atoms with Crippen molar-refractivity contribution in [3.63, 3.8) is 0 Å². The van der Waals surface area contributed by atoms with Crippen molar-refractivity contribution >= 4 is 11.6 Å². The summed E-state index contributed by atoms with van der Waals surface area (Å²) < 4.78 is 1.93. The third-order valence-electron chi connectivity index (χ3n) is 5.11. The van der Waals surface area contributed by atoms with Crippen molar-refractivity contribution < 1.29 is 0 Å². The molecule has 0 amide bonds. The van der Waals surface area contributed by atoms with Crippen LogP contribution in [0.3, 0.4) is 0 Å². The maximum absolute atomic E-state index is 6.75. The van der Waals surface area contributed by atoms with Gasteiger partial charge in [-0.2, -0.15) is 5.10 Å². The van der Waals surface area contributed by atoms with Crippen LogP contribution in [-0.2, 0) is 0 Å². The number of para-hydroxylation sites is 1. The first-order valence-electron chi connectivity index (χ1n) is 7.55. The van der Waals surface area contributed by atoms with E-state index >= 15 is 0 Å². The first-order valence-corrected chi connectivity index (χ1v) is 7.99. The van der Waals surface area contributed by atoms with Crippen molar-refractivity contribution in [2.75, 3.05) is 0 Å². The van der Waals surface area contributed by atoms with Gasteiger partial charge in [-0.1, -0.05) is 24.6 Å². The van der Waals surface area contributed by atoms with Crippen molar-refractivity contribution in [3.8, 4) is 5.69 Å². The number of benzene rings is 1. The summed E-state index contributed by atoms with van der Waals surface area (Å²) in [5, 5.41) is 4.60. The van der Waals surface area contributed by atoms with Gasteiger partial charge in [-0.05, 0) is 49.1 Å². The second-order valence-corrected chi connectivity index (χ2v) is 6.76. The minimum Gasteiger partial charge on any atom is -0.241 e. The van der Waals surface area contributed by atoms with Crippen LogP contribution >= 0.6 is 11.6 Å². The fourth-order valence-electron chi connectivity index (χ4n) is 4.10. The smallest absolute Gasteiger partial charge is 0.0647 e. The zero-order valence-corrected chi connectivity index (χ0v) is 12.2. The summed E-state index contributed by atoms with van der Waals surface area (Å²) in [4.78, 5) is 0. The lowest BCUT2D eigenvalue weighted by Gasteiger charge is -2.25. The minimum absolute atomic E-state index is 0.128. The molecule has 104 valence electrons. The first-order chi connectivity index (χ1) is 9.81. The number of alkyl halides is 1. The number of hydrogen-bond donors (Lipinski definition) is 0. The van der Waals surface area contributed by atoms with E-state index in [-0.39, 0.29) is 5.38 Å². The van der Waals surface area contributed by atoms with Gasteiger partial charge in [0.1, 0.15) is 0 Å². The molecule has 1 aromatic heterocycles. The predicted octanol–water partition coefficient (Wildman–Crippen LogP) is 4.59. The molecule has 20 heavy (non-hydrogen) atoms. The summed E-state index contributed by atoms with van der Waals surface area (Å²) in [7, 11) is 0. The van der Waals surface area contributed by atoms with E-state index in [1.807, 2.05) is 29.1 Å². The van der Waals surface area contributed by atoms with Crippen molar-refractivity contribution in [2.24, 2.45) is 17.8 Å². The number of fused-ring (bicyclic) bond motifs is 2. The number of aromatic nitrogens is 2. The Bertz CT molecular complexity index is 592. The largest absolute Gasteiger partial charge is 0.241 e. The van der Waals surface area contributed by atoms with E-state index in [4.69, 9.17) is 11.6 Å². The maximum atomic E-state index is 6.75. The molecule has 2 saturated carbocycles. The topological polar surface area (TPSA) is 17.8 Å². The van der Waals surface area contributed by atoms with Crippen LogP contribution in [0.15, 0.2) is 42.7 Å². The van der Waals surface area contributed by atoms with Gasteiger partial charge in [-0.3, -0.25) is 0 Å². The van der Waals surface area contributed by atoms with Crippen LogP contribution in [-0.4, -0.2) is 9.78 Å². The highest BCUT2D eigenvalue weighted by molar-refractivity contribution is 6.21. The Labute approximate surface area is 124 Å². The van der Waals surface area contributed by atoms with Crippen LogP contribution < -0.4 is 0 Å². The van der Waals surface area contributed by atoms with Crippen molar-refractivity contribution in [3.05, 3.63) is 48.3 Å². The molecule has 1 heterocycles. The van der Waals surface area contributed by atoms with Gasteiger partial charge in [-0.25, -0.2) is 4.68 Å². The fourth-order valence-corrected chi connectivity index (χ4v) is 4.52. The van der Waals surface area contributed by atoms with Gasteiger partial charge in [-0.15, -0.1) is 11.6 Å². The van der Waals surface area contributed by atoms with Gasteiger partial charge in [0, 0.05) is 11.8 Å². The van der Waals surface area contributed by atoms with E-state index in [1.54, 1.807) is 0 Å². The van der Waals surface area contributed by atoms with Crippen LogP contribution in [0.2, 0.25) is 0 Å².